The van der Waals surface area contributed by atoms with Crippen LogP contribution in [0.3, 0.4) is 0 Å². The molecule has 0 spiro atoms. The summed E-state index contributed by atoms with van der Waals surface area (Å²) in [5, 5.41) is 0.754. The second-order valence-corrected chi connectivity index (χ2v) is 6.90. The van der Waals surface area contributed by atoms with Gasteiger partial charge in [-0.2, -0.15) is 0 Å². The fraction of sp³-hybridized carbons (Fsp3) is 0.588. The Morgan fingerprint density at radius 3 is 2.48 bits per heavy atom. The smallest absolute Gasteiger partial charge is 0.236 e. The minimum absolute atomic E-state index is 0.242. The van der Waals surface area contributed by atoms with Gasteiger partial charge in [0, 0.05) is 56.0 Å². The average Bonchev–Trinajstić information content (AvgIpc) is 2.57. The van der Waals surface area contributed by atoms with E-state index in [2.05, 4.69) is 15.9 Å². The number of hydrogen-bond donors (Lipinski definition) is 1. The third kappa shape index (κ3) is 4.37. The number of piperidine rings is 1. The first-order valence-electron chi connectivity index (χ1n) is 8.38. The monoisotopic (exact) mass is 336 g/mol. The molecule has 0 aliphatic carbocycles. The van der Waals surface area contributed by atoms with E-state index >= 15 is 0 Å². The maximum absolute atomic E-state index is 12.5. The zero-order valence-electron chi connectivity index (χ0n) is 13.5. The summed E-state index contributed by atoms with van der Waals surface area (Å²) in [6.07, 6.45) is 1.99. The zero-order valence-corrected chi connectivity index (χ0v) is 14.2. The second kappa shape index (κ2) is 7.51. The van der Waals surface area contributed by atoms with Gasteiger partial charge in [0.2, 0.25) is 5.91 Å². The molecular formula is C17H25ClN4O. The minimum Gasteiger partial charge on any atom is -0.368 e. The number of nitrogens with zero attached hydrogens (tertiary/aromatic N) is 3. The molecule has 1 aromatic carbocycles. The third-order valence-corrected chi connectivity index (χ3v) is 5.03. The topological polar surface area (TPSA) is 52.8 Å². The summed E-state index contributed by atoms with van der Waals surface area (Å²) >= 11 is 6.06. The first-order chi connectivity index (χ1) is 11.1. The van der Waals surface area contributed by atoms with Gasteiger partial charge in [0.05, 0.1) is 6.54 Å². The number of rotatable bonds is 3. The van der Waals surface area contributed by atoms with Crippen LogP contribution < -0.4 is 10.6 Å². The van der Waals surface area contributed by atoms with Crippen LogP contribution >= 0.6 is 11.6 Å². The molecule has 23 heavy (non-hydrogen) atoms. The standard InChI is InChI=1S/C17H25ClN4O/c18-14-2-1-3-16(12-14)21-8-10-22(11-9-21)17(23)13-20-6-4-15(19)5-7-20/h1-3,12,15H,4-11,13,19H2. The Hall–Kier alpha value is -1.30. The summed E-state index contributed by atoms with van der Waals surface area (Å²) < 4.78 is 0. The van der Waals surface area contributed by atoms with Crippen molar-refractivity contribution in [2.24, 2.45) is 5.73 Å². The quantitative estimate of drug-likeness (QED) is 0.907. The number of amides is 1. The highest BCUT2D eigenvalue weighted by molar-refractivity contribution is 6.30. The third-order valence-electron chi connectivity index (χ3n) is 4.80. The number of nitrogens with two attached hydrogens (primary N) is 1. The van der Waals surface area contributed by atoms with E-state index < -0.39 is 0 Å². The number of hydrogen-bond acceptors (Lipinski definition) is 4. The minimum atomic E-state index is 0.242. The van der Waals surface area contributed by atoms with Gasteiger partial charge >= 0.3 is 0 Å². The molecule has 2 heterocycles. The van der Waals surface area contributed by atoms with Crippen LogP contribution in [0.15, 0.2) is 24.3 Å². The Morgan fingerprint density at radius 1 is 1.13 bits per heavy atom. The van der Waals surface area contributed by atoms with Crippen LogP contribution in [0.2, 0.25) is 5.02 Å². The molecule has 5 nitrogen and oxygen atoms in total. The largest absolute Gasteiger partial charge is 0.368 e. The van der Waals surface area contributed by atoms with E-state index in [0.717, 1.165) is 62.8 Å². The number of anilines is 1. The van der Waals surface area contributed by atoms with E-state index in [4.69, 9.17) is 17.3 Å². The summed E-state index contributed by atoms with van der Waals surface area (Å²) in [4.78, 5) is 19.0. The Labute approximate surface area is 143 Å². The van der Waals surface area contributed by atoms with Crippen LogP contribution in [0.25, 0.3) is 0 Å². The Morgan fingerprint density at radius 2 is 1.83 bits per heavy atom. The molecule has 0 atom stereocenters. The molecule has 0 saturated carbocycles. The predicted octanol–water partition coefficient (Wildman–Crippen LogP) is 1.41. The van der Waals surface area contributed by atoms with Crippen LogP contribution in [0, 0.1) is 0 Å². The number of carbonyl (C=O) groups is 1. The summed E-state index contributed by atoms with van der Waals surface area (Å²) in [7, 11) is 0. The Bertz CT molecular complexity index is 537. The normalized spacial score (nSPS) is 20.8. The summed E-state index contributed by atoms with van der Waals surface area (Å²) in [5.74, 6) is 0.242. The van der Waals surface area contributed by atoms with E-state index in [-0.39, 0.29) is 5.91 Å². The van der Waals surface area contributed by atoms with Crippen LogP contribution in [0.4, 0.5) is 5.69 Å². The lowest BCUT2D eigenvalue weighted by molar-refractivity contribution is -0.133. The molecule has 1 amide bonds. The molecule has 2 saturated heterocycles. The van der Waals surface area contributed by atoms with Crippen molar-refractivity contribution in [1.82, 2.24) is 9.80 Å². The van der Waals surface area contributed by atoms with Gasteiger partial charge in [-0.1, -0.05) is 17.7 Å². The summed E-state index contributed by atoms with van der Waals surface area (Å²) in [6.45, 7) is 5.68. The molecule has 3 rings (SSSR count). The second-order valence-electron chi connectivity index (χ2n) is 6.46. The lowest BCUT2D eigenvalue weighted by atomic mass is 10.1. The van der Waals surface area contributed by atoms with E-state index in [9.17, 15) is 4.79 Å². The van der Waals surface area contributed by atoms with Crippen molar-refractivity contribution in [3.63, 3.8) is 0 Å². The van der Waals surface area contributed by atoms with Crippen molar-refractivity contribution in [2.75, 3.05) is 50.7 Å². The van der Waals surface area contributed by atoms with Gasteiger partial charge in [-0.3, -0.25) is 9.69 Å². The highest BCUT2D eigenvalue weighted by Gasteiger charge is 2.24. The number of piperazine rings is 1. The molecule has 2 aliphatic rings. The molecule has 0 bridgehead atoms. The summed E-state index contributed by atoms with van der Waals surface area (Å²) in [6, 6.07) is 8.21. The van der Waals surface area contributed by atoms with Gasteiger partial charge in [0.1, 0.15) is 0 Å². The van der Waals surface area contributed by atoms with Crippen molar-refractivity contribution in [2.45, 2.75) is 18.9 Å². The van der Waals surface area contributed by atoms with Crippen molar-refractivity contribution < 1.29 is 4.79 Å². The zero-order chi connectivity index (χ0) is 16.2. The lowest BCUT2D eigenvalue weighted by Crippen LogP contribution is -2.52. The number of benzene rings is 1. The highest BCUT2D eigenvalue weighted by Crippen LogP contribution is 2.21. The van der Waals surface area contributed by atoms with Gasteiger partial charge in [0.25, 0.3) is 0 Å². The molecule has 2 aliphatic heterocycles. The molecule has 0 radical (unpaired) electrons. The van der Waals surface area contributed by atoms with Crippen LogP contribution in [-0.4, -0.2) is 67.6 Å². The maximum atomic E-state index is 12.5. The highest BCUT2D eigenvalue weighted by atomic mass is 35.5. The molecule has 2 fully saturated rings. The molecule has 6 heteroatoms. The van der Waals surface area contributed by atoms with Gasteiger partial charge in [-0.15, -0.1) is 0 Å². The van der Waals surface area contributed by atoms with Gasteiger partial charge in [0.15, 0.2) is 0 Å². The first-order valence-corrected chi connectivity index (χ1v) is 8.76. The van der Waals surface area contributed by atoms with E-state index in [1.54, 1.807) is 0 Å². The molecule has 126 valence electrons. The molecule has 0 unspecified atom stereocenters. The molecule has 2 N–H and O–H groups in total. The number of likely N-dealkylation sites (tertiary alicyclic amines) is 1. The molecule has 0 aromatic heterocycles. The lowest BCUT2D eigenvalue weighted by Gasteiger charge is -2.37. The molecule has 1 aromatic rings. The maximum Gasteiger partial charge on any atom is 0.236 e. The summed E-state index contributed by atoms with van der Waals surface area (Å²) in [5.41, 5.74) is 7.05. The number of halogens is 1. The van der Waals surface area contributed by atoms with E-state index in [1.807, 2.05) is 23.1 Å². The SMILES string of the molecule is NC1CCN(CC(=O)N2CCN(c3cccc(Cl)c3)CC2)CC1. The predicted molar refractivity (Wildman–Crippen MR) is 93.9 cm³/mol. The van der Waals surface area contributed by atoms with E-state index in [1.165, 1.54) is 0 Å². The van der Waals surface area contributed by atoms with Crippen LogP contribution in [0.1, 0.15) is 12.8 Å². The number of carbonyl (C=O) groups excluding carboxylic acids is 1. The Kier molecular flexibility index (Phi) is 5.41. The van der Waals surface area contributed by atoms with Crippen LogP contribution in [0.5, 0.6) is 0 Å². The van der Waals surface area contributed by atoms with Crippen molar-refractivity contribution in [3.05, 3.63) is 29.3 Å². The van der Waals surface area contributed by atoms with Crippen molar-refractivity contribution in [1.29, 1.82) is 0 Å². The fourth-order valence-electron chi connectivity index (χ4n) is 3.29. The average molecular weight is 337 g/mol. The van der Waals surface area contributed by atoms with E-state index in [0.29, 0.717) is 12.6 Å². The van der Waals surface area contributed by atoms with Crippen molar-refractivity contribution >= 4 is 23.2 Å². The Balaban J connectivity index is 1.47. The van der Waals surface area contributed by atoms with Gasteiger partial charge in [-0.05, 0) is 31.0 Å². The first kappa shape index (κ1) is 16.6. The van der Waals surface area contributed by atoms with Crippen molar-refractivity contribution in [3.8, 4) is 0 Å². The van der Waals surface area contributed by atoms with Gasteiger partial charge in [-0.25, -0.2) is 0 Å². The van der Waals surface area contributed by atoms with Crippen LogP contribution in [-0.2, 0) is 4.79 Å². The van der Waals surface area contributed by atoms with Gasteiger partial charge < -0.3 is 15.5 Å². The molecular weight excluding hydrogens is 312 g/mol. The fourth-order valence-corrected chi connectivity index (χ4v) is 3.47.